The third-order valence-electron chi connectivity index (χ3n) is 1.43. The monoisotopic (exact) mass is 202 g/mol. The van der Waals surface area contributed by atoms with Crippen molar-refractivity contribution in [3.05, 3.63) is 29.8 Å². The van der Waals surface area contributed by atoms with Crippen molar-refractivity contribution in [3.8, 4) is 0 Å². The van der Waals surface area contributed by atoms with Crippen molar-refractivity contribution < 1.29 is 0 Å². The summed E-state index contributed by atoms with van der Waals surface area (Å²) in [5.74, 6) is 0.750. The van der Waals surface area contributed by atoms with Crippen molar-refractivity contribution in [2.75, 3.05) is 5.75 Å². The summed E-state index contributed by atoms with van der Waals surface area (Å²) >= 11 is 12.7. The first-order valence-electron chi connectivity index (χ1n) is 3.32. The maximum atomic E-state index is 4.36. The molecule has 60 valence electrons. The summed E-state index contributed by atoms with van der Waals surface area (Å²) in [5.41, 5.74) is 1.18. The fraction of sp³-hybridized carbons (Fsp3) is 0.250. The Kier molecular flexibility index (Phi) is 3.69. The average Bonchev–Trinajstić information content (AvgIpc) is 2.03. The Morgan fingerprint density at radius 3 is 2.64 bits per heavy atom. The Bertz CT molecular complexity index is 235. The average molecular weight is 202 g/mol. The lowest BCUT2D eigenvalue weighted by Gasteiger charge is -2.06. The van der Waals surface area contributed by atoms with Crippen LogP contribution in [-0.2, 0) is 0 Å². The van der Waals surface area contributed by atoms with Gasteiger partial charge in [0, 0.05) is 15.9 Å². The van der Waals surface area contributed by atoms with Crippen LogP contribution in [-0.4, -0.2) is 5.75 Å². The van der Waals surface area contributed by atoms with Crippen LogP contribution in [0.1, 0.15) is 10.8 Å². The number of hydrogen-bond acceptors (Lipinski definition) is 3. The fourth-order valence-corrected chi connectivity index (χ4v) is 1.44. The Morgan fingerprint density at radius 1 is 1.36 bits per heavy atom. The highest BCUT2D eigenvalue weighted by Gasteiger charge is 2.02. The van der Waals surface area contributed by atoms with Gasteiger partial charge in [-0.25, -0.2) is 0 Å². The summed E-state index contributed by atoms with van der Waals surface area (Å²) in [5, 5.41) is 0.213. The summed E-state index contributed by atoms with van der Waals surface area (Å²) in [4.78, 5) is 0.975. The van der Waals surface area contributed by atoms with Crippen LogP contribution in [0.3, 0.4) is 0 Å². The standard InChI is InChI=1S/C8H10S3/c9-5-8(11)6-2-1-3-7(10)4-6/h1-4,8-11H,5H2. The highest BCUT2D eigenvalue weighted by Crippen LogP contribution is 2.22. The van der Waals surface area contributed by atoms with Gasteiger partial charge in [-0.05, 0) is 17.7 Å². The van der Waals surface area contributed by atoms with Crippen LogP contribution in [0.25, 0.3) is 0 Å². The smallest absolute Gasteiger partial charge is 0.0355 e. The summed E-state index contributed by atoms with van der Waals surface area (Å²) in [6.07, 6.45) is 0. The first-order valence-corrected chi connectivity index (χ1v) is 4.91. The quantitative estimate of drug-likeness (QED) is 0.604. The summed E-state index contributed by atoms with van der Waals surface area (Å²) < 4.78 is 0. The topological polar surface area (TPSA) is 0 Å². The molecular weight excluding hydrogens is 192 g/mol. The largest absolute Gasteiger partial charge is 0.178 e. The molecule has 0 aliphatic heterocycles. The molecule has 0 bridgehead atoms. The van der Waals surface area contributed by atoms with Crippen LogP contribution >= 0.6 is 37.9 Å². The first-order chi connectivity index (χ1) is 5.24. The van der Waals surface area contributed by atoms with E-state index >= 15 is 0 Å². The first kappa shape index (κ1) is 9.36. The third-order valence-corrected chi connectivity index (χ3v) is 2.84. The van der Waals surface area contributed by atoms with Crippen LogP contribution < -0.4 is 0 Å². The zero-order valence-corrected chi connectivity index (χ0v) is 8.62. The van der Waals surface area contributed by atoms with Gasteiger partial charge in [0.1, 0.15) is 0 Å². The van der Waals surface area contributed by atoms with E-state index in [4.69, 9.17) is 0 Å². The molecule has 11 heavy (non-hydrogen) atoms. The van der Waals surface area contributed by atoms with E-state index in [0.717, 1.165) is 10.6 Å². The lowest BCUT2D eigenvalue weighted by atomic mass is 10.2. The molecule has 0 saturated carbocycles. The van der Waals surface area contributed by atoms with Gasteiger partial charge < -0.3 is 0 Å². The van der Waals surface area contributed by atoms with Gasteiger partial charge in [0.05, 0.1) is 0 Å². The number of rotatable bonds is 2. The lowest BCUT2D eigenvalue weighted by molar-refractivity contribution is 1.12. The van der Waals surface area contributed by atoms with E-state index in [1.165, 1.54) is 5.56 Å². The van der Waals surface area contributed by atoms with Crippen LogP contribution in [0, 0.1) is 0 Å². The van der Waals surface area contributed by atoms with E-state index in [1.807, 2.05) is 24.3 Å². The number of hydrogen-bond donors (Lipinski definition) is 3. The summed E-state index contributed by atoms with van der Waals surface area (Å²) in [6, 6.07) is 7.97. The Labute approximate surface area is 83.6 Å². The molecule has 0 amide bonds. The third kappa shape index (κ3) is 2.65. The maximum absolute atomic E-state index is 4.36. The van der Waals surface area contributed by atoms with E-state index in [1.54, 1.807) is 0 Å². The highest BCUT2D eigenvalue weighted by molar-refractivity contribution is 7.84. The molecule has 1 rings (SSSR count). The molecule has 0 spiro atoms. The van der Waals surface area contributed by atoms with Crippen LogP contribution in [0.2, 0.25) is 0 Å². The van der Waals surface area contributed by atoms with Gasteiger partial charge in [-0.3, -0.25) is 0 Å². The summed E-state index contributed by atoms with van der Waals surface area (Å²) in [6.45, 7) is 0. The van der Waals surface area contributed by atoms with Gasteiger partial charge in [0.15, 0.2) is 0 Å². The minimum Gasteiger partial charge on any atom is -0.178 e. The van der Waals surface area contributed by atoms with Crippen LogP contribution in [0.5, 0.6) is 0 Å². The zero-order valence-electron chi connectivity index (χ0n) is 5.94. The Morgan fingerprint density at radius 2 is 2.09 bits per heavy atom. The molecule has 0 N–H and O–H groups in total. The molecule has 1 atom stereocenters. The minimum absolute atomic E-state index is 0.213. The second-order valence-electron chi connectivity index (χ2n) is 2.29. The fourth-order valence-electron chi connectivity index (χ4n) is 0.837. The minimum atomic E-state index is 0.213. The van der Waals surface area contributed by atoms with Crippen LogP contribution in [0.4, 0.5) is 0 Å². The number of benzene rings is 1. The Balaban J connectivity index is 2.86. The number of thiol groups is 3. The molecule has 0 saturated heterocycles. The molecule has 1 unspecified atom stereocenters. The molecule has 3 heteroatoms. The van der Waals surface area contributed by atoms with Crippen molar-refractivity contribution in [3.63, 3.8) is 0 Å². The highest BCUT2D eigenvalue weighted by atomic mass is 32.1. The molecular formula is C8H10S3. The molecule has 1 aromatic rings. The molecule has 0 aliphatic carbocycles. The van der Waals surface area contributed by atoms with Crippen LogP contribution in [0.15, 0.2) is 29.2 Å². The van der Waals surface area contributed by atoms with E-state index in [0.29, 0.717) is 0 Å². The van der Waals surface area contributed by atoms with Crippen molar-refractivity contribution >= 4 is 37.9 Å². The van der Waals surface area contributed by atoms with Gasteiger partial charge >= 0.3 is 0 Å². The molecule has 0 aromatic heterocycles. The molecule has 0 heterocycles. The van der Waals surface area contributed by atoms with Crippen molar-refractivity contribution in [1.29, 1.82) is 0 Å². The van der Waals surface area contributed by atoms with Crippen molar-refractivity contribution in [2.24, 2.45) is 0 Å². The SMILES string of the molecule is SCC(S)c1cccc(S)c1. The normalized spacial score (nSPS) is 13.0. The van der Waals surface area contributed by atoms with Gasteiger partial charge in [-0.15, -0.1) is 12.6 Å². The van der Waals surface area contributed by atoms with Crippen molar-refractivity contribution in [1.82, 2.24) is 0 Å². The zero-order chi connectivity index (χ0) is 8.27. The van der Waals surface area contributed by atoms with Gasteiger partial charge in [0.25, 0.3) is 0 Å². The Hall–Kier alpha value is 0.270. The lowest BCUT2D eigenvalue weighted by Crippen LogP contribution is -1.90. The molecule has 0 nitrogen and oxygen atoms in total. The van der Waals surface area contributed by atoms with E-state index in [-0.39, 0.29) is 5.25 Å². The van der Waals surface area contributed by atoms with Crippen molar-refractivity contribution in [2.45, 2.75) is 10.1 Å². The van der Waals surface area contributed by atoms with Gasteiger partial charge in [-0.1, -0.05) is 12.1 Å². The second kappa shape index (κ2) is 4.33. The van der Waals surface area contributed by atoms with E-state index < -0.39 is 0 Å². The molecule has 0 aliphatic rings. The predicted octanol–water partition coefficient (Wildman–Crippen LogP) is 2.88. The van der Waals surface area contributed by atoms with Gasteiger partial charge in [-0.2, -0.15) is 25.3 Å². The molecule has 0 radical (unpaired) electrons. The maximum Gasteiger partial charge on any atom is 0.0355 e. The van der Waals surface area contributed by atoms with E-state index in [2.05, 4.69) is 37.9 Å². The molecule has 1 aromatic carbocycles. The van der Waals surface area contributed by atoms with Gasteiger partial charge in [0.2, 0.25) is 0 Å². The van der Waals surface area contributed by atoms with E-state index in [9.17, 15) is 0 Å². The second-order valence-corrected chi connectivity index (χ2v) is 3.80. The summed E-state index contributed by atoms with van der Waals surface area (Å²) in [7, 11) is 0. The molecule has 0 fully saturated rings. The predicted molar refractivity (Wildman–Crippen MR) is 59.3 cm³/mol.